The molecule has 0 aliphatic carbocycles. The van der Waals surface area contributed by atoms with Gasteiger partial charge < -0.3 is 26.0 Å². The minimum Gasteiger partial charge on any atom is -0.398 e. The zero-order valence-electron chi connectivity index (χ0n) is 16.5. The number of imidazole rings is 1. The summed E-state index contributed by atoms with van der Waals surface area (Å²) in [6.45, 7) is 6.65. The summed E-state index contributed by atoms with van der Waals surface area (Å²) >= 11 is 2.27. The molecule has 1 aromatic carbocycles. The maximum atomic E-state index is 10.1. The first-order chi connectivity index (χ1) is 13.1. The Labute approximate surface area is 178 Å². The lowest BCUT2D eigenvalue weighted by Gasteiger charge is -2.25. The first kappa shape index (κ1) is 20.6. The molecule has 9 heteroatoms. The SMILES string of the molecule is CC(CNc1nc(NCc2cc(I)ccc2N)c2ncn(C)c2n1)C(C)(C)O. The van der Waals surface area contributed by atoms with Crippen LogP contribution in [0.4, 0.5) is 17.5 Å². The smallest absolute Gasteiger partial charge is 0.226 e. The Bertz CT molecular complexity index is 980. The monoisotopic (exact) mass is 495 g/mol. The highest BCUT2D eigenvalue weighted by Crippen LogP contribution is 2.23. The van der Waals surface area contributed by atoms with Crippen molar-refractivity contribution in [3.05, 3.63) is 33.7 Å². The first-order valence-electron chi connectivity index (χ1n) is 9.08. The molecule has 0 amide bonds. The molecule has 0 radical (unpaired) electrons. The molecule has 5 N–H and O–H groups in total. The molecule has 0 spiro atoms. The maximum Gasteiger partial charge on any atom is 0.226 e. The summed E-state index contributed by atoms with van der Waals surface area (Å²) in [5.41, 5.74) is 8.47. The van der Waals surface area contributed by atoms with E-state index in [1.807, 2.05) is 36.7 Å². The molecule has 2 aromatic heterocycles. The van der Waals surface area contributed by atoms with Gasteiger partial charge in [-0.3, -0.25) is 0 Å². The van der Waals surface area contributed by atoms with Gasteiger partial charge in [-0.25, -0.2) is 4.98 Å². The Morgan fingerprint density at radius 1 is 1.29 bits per heavy atom. The third-order valence-electron chi connectivity index (χ3n) is 4.88. The lowest BCUT2D eigenvalue weighted by atomic mass is 9.93. The number of hydrogen-bond donors (Lipinski definition) is 4. The molecule has 3 rings (SSSR count). The van der Waals surface area contributed by atoms with E-state index in [2.05, 4.69) is 48.2 Å². The molecule has 0 fully saturated rings. The highest BCUT2D eigenvalue weighted by Gasteiger charge is 2.22. The number of aliphatic hydroxyl groups is 1. The normalized spacial score (nSPS) is 12.9. The average molecular weight is 495 g/mol. The number of nitrogen functional groups attached to an aromatic ring is 1. The number of aromatic nitrogens is 4. The standard InChI is InChI=1S/C19H26IN7O/c1-11(19(2,3)28)8-23-18-25-16(15-17(26-18)27(4)10-24-15)22-9-12-7-13(20)5-6-14(12)21/h5-7,10-11,28H,8-9,21H2,1-4H3,(H2,22,23,25,26). The van der Waals surface area contributed by atoms with Crippen molar-refractivity contribution in [3.63, 3.8) is 0 Å². The summed E-state index contributed by atoms with van der Waals surface area (Å²) in [5, 5.41) is 16.7. The summed E-state index contributed by atoms with van der Waals surface area (Å²) in [6.07, 6.45) is 1.72. The van der Waals surface area contributed by atoms with Crippen molar-refractivity contribution in [2.75, 3.05) is 22.9 Å². The van der Waals surface area contributed by atoms with Gasteiger partial charge >= 0.3 is 0 Å². The molecule has 150 valence electrons. The minimum atomic E-state index is -0.785. The number of fused-ring (bicyclic) bond motifs is 1. The number of nitrogens with zero attached hydrogens (tertiary/aromatic N) is 4. The van der Waals surface area contributed by atoms with Crippen LogP contribution in [-0.2, 0) is 13.6 Å². The molecule has 0 bridgehead atoms. The number of nitrogens with two attached hydrogens (primary N) is 1. The van der Waals surface area contributed by atoms with Gasteiger partial charge in [-0.05, 0) is 60.2 Å². The number of anilines is 3. The lowest BCUT2D eigenvalue weighted by Crippen LogP contribution is -2.33. The molecule has 28 heavy (non-hydrogen) atoms. The Balaban J connectivity index is 1.85. The number of hydrogen-bond acceptors (Lipinski definition) is 7. The molecule has 3 aromatic rings. The zero-order chi connectivity index (χ0) is 20.5. The van der Waals surface area contributed by atoms with Crippen LogP contribution in [0.2, 0.25) is 0 Å². The van der Waals surface area contributed by atoms with Crippen LogP contribution in [-0.4, -0.2) is 36.8 Å². The maximum absolute atomic E-state index is 10.1. The zero-order valence-corrected chi connectivity index (χ0v) is 18.6. The van der Waals surface area contributed by atoms with Gasteiger partial charge in [-0.15, -0.1) is 0 Å². The molecular weight excluding hydrogens is 469 g/mol. The van der Waals surface area contributed by atoms with Crippen molar-refractivity contribution in [1.29, 1.82) is 0 Å². The van der Waals surface area contributed by atoms with E-state index in [0.717, 1.165) is 20.5 Å². The molecular formula is C19H26IN7O. The molecule has 1 unspecified atom stereocenters. The second-order valence-electron chi connectivity index (χ2n) is 7.56. The van der Waals surface area contributed by atoms with Gasteiger partial charge in [0.25, 0.3) is 0 Å². The predicted molar refractivity (Wildman–Crippen MR) is 121 cm³/mol. The van der Waals surface area contributed by atoms with Crippen molar-refractivity contribution in [2.45, 2.75) is 32.9 Å². The van der Waals surface area contributed by atoms with Gasteiger partial charge in [0.2, 0.25) is 5.95 Å². The number of rotatable bonds is 7. The van der Waals surface area contributed by atoms with Crippen LogP contribution < -0.4 is 16.4 Å². The van der Waals surface area contributed by atoms with Gasteiger partial charge in [0.05, 0.1) is 11.9 Å². The molecule has 0 aliphatic rings. The third kappa shape index (κ3) is 4.64. The number of halogens is 1. The van der Waals surface area contributed by atoms with E-state index in [4.69, 9.17) is 5.73 Å². The fourth-order valence-electron chi connectivity index (χ4n) is 2.61. The van der Waals surface area contributed by atoms with E-state index >= 15 is 0 Å². The van der Waals surface area contributed by atoms with Crippen molar-refractivity contribution in [2.24, 2.45) is 13.0 Å². The van der Waals surface area contributed by atoms with Crippen LogP contribution in [0.5, 0.6) is 0 Å². The van der Waals surface area contributed by atoms with Crippen molar-refractivity contribution in [1.82, 2.24) is 19.5 Å². The molecule has 1 atom stereocenters. The van der Waals surface area contributed by atoms with Crippen molar-refractivity contribution in [3.8, 4) is 0 Å². The van der Waals surface area contributed by atoms with E-state index in [9.17, 15) is 5.11 Å². The number of benzene rings is 1. The van der Waals surface area contributed by atoms with E-state index < -0.39 is 5.60 Å². The van der Waals surface area contributed by atoms with Gasteiger partial charge in [0.15, 0.2) is 17.0 Å². The van der Waals surface area contributed by atoms with Crippen molar-refractivity contribution < 1.29 is 5.11 Å². The van der Waals surface area contributed by atoms with Crippen LogP contribution in [0.3, 0.4) is 0 Å². The molecule has 8 nitrogen and oxygen atoms in total. The minimum absolute atomic E-state index is 0.0286. The fraction of sp³-hybridized carbons (Fsp3) is 0.421. The van der Waals surface area contributed by atoms with E-state index in [1.54, 1.807) is 20.2 Å². The second kappa shape index (κ2) is 8.08. The first-order valence-corrected chi connectivity index (χ1v) is 10.2. The van der Waals surface area contributed by atoms with Crippen LogP contribution in [0, 0.1) is 9.49 Å². The second-order valence-corrected chi connectivity index (χ2v) is 8.80. The topological polar surface area (TPSA) is 114 Å². The highest BCUT2D eigenvalue weighted by atomic mass is 127. The fourth-order valence-corrected chi connectivity index (χ4v) is 3.17. The molecule has 0 saturated heterocycles. The quantitative estimate of drug-likeness (QED) is 0.294. The van der Waals surface area contributed by atoms with Gasteiger partial charge in [0.1, 0.15) is 0 Å². The van der Waals surface area contributed by atoms with Crippen molar-refractivity contribution >= 4 is 51.2 Å². The van der Waals surface area contributed by atoms with E-state index in [-0.39, 0.29) is 5.92 Å². The predicted octanol–water partition coefficient (Wildman–Crippen LogP) is 2.98. The van der Waals surface area contributed by atoms with Crippen LogP contribution in [0.25, 0.3) is 11.2 Å². The Hall–Kier alpha value is -2.14. The molecule has 2 heterocycles. The Morgan fingerprint density at radius 2 is 2.04 bits per heavy atom. The number of aryl methyl sites for hydroxylation is 1. The summed E-state index contributed by atoms with van der Waals surface area (Å²) in [5.74, 6) is 1.16. The third-order valence-corrected chi connectivity index (χ3v) is 5.55. The summed E-state index contributed by atoms with van der Waals surface area (Å²) in [7, 11) is 1.90. The molecule has 0 aliphatic heterocycles. The molecule has 0 saturated carbocycles. The summed E-state index contributed by atoms with van der Waals surface area (Å²) < 4.78 is 2.98. The van der Waals surface area contributed by atoms with Crippen LogP contribution in [0.15, 0.2) is 24.5 Å². The van der Waals surface area contributed by atoms with E-state index in [1.165, 1.54) is 0 Å². The van der Waals surface area contributed by atoms with Gasteiger partial charge in [0, 0.05) is 35.3 Å². The highest BCUT2D eigenvalue weighted by molar-refractivity contribution is 14.1. The average Bonchev–Trinajstić information content (AvgIpc) is 3.00. The van der Waals surface area contributed by atoms with Gasteiger partial charge in [-0.1, -0.05) is 6.92 Å². The number of nitrogens with one attached hydrogen (secondary N) is 2. The largest absolute Gasteiger partial charge is 0.398 e. The summed E-state index contributed by atoms with van der Waals surface area (Å²) in [6, 6.07) is 5.93. The summed E-state index contributed by atoms with van der Waals surface area (Å²) in [4.78, 5) is 13.6. The van der Waals surface area contributed by atoms with Crippen LogP contribution >= 0.6 is 22.6 Å². The van der Waals surface area contributed by atoms with Gasteiger partial charge in [-0.2, -0.15) is 9.97 Å². The van der Waals surface area contributed by atoms with E-state index in [0.29, 0.717) is 30.4 Å². The van der Waals surface area contributed by atoms with Crippen LogP contribution in [0.1, 0.15) is 26.3 Å². The Morgan fingerprint density at radius 3 is 2.75 bits per heavy atom. The lowest BCUT2D eigenvalue weighted by molar-refractivity contribution is 0.0303. The Kier molecular flexibility index (Phi) is 5.94.